The Morgan fingerprint density at radius 2 is 1.95 bits per heavy atom. The molecule has 0 fully saturated rings. The molecular weight excluding hydrogens is 305 g/mol. The number of benzene rings is 2. The molecule has 0 bridgehead atoms. The maximum atomic E-state index is 13.3. The number of nitrogens with one attached hydrogen (secondary N) is 1. The summed E-state index contributed by atoms with van der Waals surface area (Å²) in [6.07, 6.45) is 0.987. The first-order valence-corrected chi connectivity index (χ1v) is 7.14. The molecule has 0 aliphatic rings. The molecule has 3 heteroatoms. The maximum absolute atomic E-state index is 13.3. The molecular formula is C16H17BrFN. The molecule has 19 heavy (non-hydrogen) atoms. The second-order valence-corrected chi connectivity index (χ2v) is 5.52. The molecule has 2 aromatic carbocycles. The van der Waals surface area contributed by atoms with Gasteiger partial charge in [-0.05, 0) is 59.1 Å². The summed E-state index contributed by atoms with van der Waals surface area (Å²) < 4.78 is 13.8. The van der Waals surface area contributed by atoms with E-state index < -0.39 is 0 Å². The van der Waals surface area contributed by atoms with Gasteiger partial charge >= 0.3 is 0 Å². The average molecular weight is 322 g/mol. The fourth-order valence-corrected chi connectivity index (χ4v) is 2.23. The molecule has 0 aromatic heterocycles. The van der Waals surface area contributed by atoms with E-state index in [4.69, 9.17) is 0 Å². The van der Waals surface area contributed by atoms with Crippen molar-refractivity contribution in [3.8, 4) is 0 Å². The van der Waals surface area contributed by atoms with Crippen LogP contribution in [0.2, 0.25) is 0 Å². The Balaban J connectivity index is 1.79. The van der Waals surface area contributed by atoms with Crippen molar-refractivity contribution in [1.29, 1.82) is 0 Å². The predicted molar refractivity (Wildman–Crippen MR) is 80.7 cm³/mol. The van der Waals surface area contributed by atoms with Crippen molar-refractivity contribution in [3.05, 3.63) is 69.4 Å². The zero-order chi connectivity index (χ0) is 13.7. The lowest BCUT2D eigenvalue weighted by Crippen LogP contribution is -2.16. The number of rotatable bonds is 5. The highest BCUT2D eigenvalue weighted by atomic mass is 79.9. The SMILES string of the molecule is Cc1cccc(CCNCc2ccc(Br)c(F)c2)c1. The number of halogens is 2. The lowest BCUT2D eigenvalue weighted by molar-refractivity contribution is 0.614. The molecule has 0 spiro atoms. The second-order valence-electron chi connectivity index (χ2n) is 4.66. The minimum atomic E-state index is -0.210. The molecule has 1 N–H and O–H groups in total. The fourth-order valence-electron chi connectivity index (χ4n) is 1.98. The third kappa shape index (κ3) is 4.44. The lowest BCUT2D eigenvalue weighted by Gasteiger charge is -2.06. The van der Waals surface area contributed by atoms with Gasteiger partial charge in [0.25, 0.3) is 0 Å². The Kier molecular flexibility index (Phi) is 5.11. The van der Waals surface area contributed by atoms with Crippen LogP contribution in [0.15, 0.2) is 46.9 Å². The van der Waals surface area contributed by atoms with Crippen LogP contribution in [0.25, 0.3) is 0 Å². The number of hydrogen-bond donors (Lipinski definition) is 1. The molecule has 0 amide bonds. The molecule has 0 aliphatic carbocycles. The van der Waals surface area contributed by atoms with Crippen molar-refractivity contribution in [1.82, 2.24) is 5.32 Å². The van der Waals surface area contributed by atoms with E-state index in [2.05, 4.69) is 52.4 Å². The molecule has 2 aromatic rings. The minimum absolute atomic E-state index is 0.210. The summed E-state index contributed by atoms with van der Waals surface area (Å²) in [6.45, 7) is 3.68. The predicted octanol–water partition coefficient (Wildman–Crippen LogP) is 4.23. The van der Waals surface area contributed by atoms with Gasteiger partial charge in [0.1, 0.15) is 5.82 Å². The highest BCUT2D eigenvalue weighted by molar-refractivity contribution is 9.10. The maximum Gasteiger partial charge on any atom is 0.137 e. The molecule has 0 atom stereocenters. The van der Waals surface area contributed by atoms with Crippen LogP contribution in [0.5, 0.6) is 0 Å². The van der Waals surface area contributed by atoms with Crippen molar-refractivity contribution in [2.75, 3.05) is 6.54 Å². The summed E-state index contributed by atoms with van der Waals surface area (Å²) in [7, 11) is 0. The van der Waals surface area contributed by atoms with Crippen LogP contribution in [-0.2, 0) is 13.0 Å². The lowest BCUT2D eigenvalue weighted by atomic mass is 10.1. The Labute approximate surface area is 122 Å². The molecule has 0 saturated carbocycles. The van der Waals surface area contributed by atoms with E-state index in [0.29, 0.717) is 11.0 Å². The Bertz CT molecular complexity index is 554. The fraction of sp³-hybridized carbons (Fsp3) is 0.250. The number of hydrogen-bond acceptors (Lipinski definition) is 1. The molecule has 0 heterocycles. The molecule has 2 rings (SSSR count). The Morgan fingerprint density at radius 3 is 2.68 bits per heavy atom. The van der Waals surface area contributed by atoms with Crippen LogP contribution in [-0.4, -0.2) is 6.54 Å². The smallest absolute Gasteiger partial charge is 0.137 e. The van der Waals surface area contributed by atoms with Gasteiger partial charge in [-0.1, -0.05) is 35.9 Å². The first kappa shape index (κ1) is 14.2. The van der Waals surface area contributed by atoms with Gasteiger partial charge in [0.2, 0.25) is 0 Å². The van der Waals surface area contributed by atoms with Crippen LogP contribution in [0.1, 0.15) is 16.7 Å². The Morgan fingerprint density at radius 1 is 1.11 bits per heavy atom. The van der Waals surface area contributed by atoms with Gasteiger partial charge in [-0.3, -0.25) is 0 Å². The van der Waals surface area contributed by atoms with E-state index >= 15 is 0 Å². The van der Waals surface area contributed by atoms with Gasteiger partial charge in [0.05, 0.1) is 4.47 Å². The van der Waals surface area contributed by atoms with Gasteiger partial charge in [0.15, 0.2) is 0 Å². The van der Waals surface area contributed by atoms with Crippen molar-refractivity contribution in [2.24, 2.45) is 0 Å². The zero-order valence-corrected chi connectivity index (χ0v) is 12.5. The molecule has 0 radical (unpaired) electrons. The van der Waals surface area contributed by atoms with Crippen molar-refractivity contribution < 1.29 is 4.39 Å². The van der Waals surface area contributed by atoms with Crippen molar-refractivity contribution >= 4 is 15.9 Å². The number of aryl methyl sites for hydroxylation is 1. The van der Waals surface area contributed by atoms with E-state index in [0.717, 1.165) is 18.5 Å². The van der Waals surface area contributed by atoms with E-state index in [-0.39, 0.29) is 5.82 Å². The van der Waals surface area contributed by atoms with Gasteiger partial charge in [-0.25, -0.2) is 4.39 Å². The van der Waals surface area contributed by atoms with Gasteiger partial charge in [-0.2, -0.15) is 0 Å². The summed E-state index contributed by atoms with van der Waals surface area (Å²) in [5.41, 5.74) is 3.58. The first-order chi connectivity index (χ1) is 9.15. The summed E-state index contributed by atoms with van der Waals surface area (Å²) in [4.78, 5) is 0. The standard InChI is InChI=1S/C16H17BrFN/c1-12-3-2-4-13(9-12)7-8-19-11-14-5-6-15(17)16(18)10-14/h2-6,9-10,19H,7-8,11H2,1H3. The summed E-state index contributed by atoms with van der Waals surface area (Å²) in [5, 5.41) is 3.33. The van der Waals surface area contributed by atoms with Crippen LogP contribution >= 0.6 is 15.9 Å². The zero-order valence-electron chi connectivity index (χ0n) is 10.9. The summed E-state index contributed by atoms with van der Waals surface area (Å²) in [6, 6.07) is 13.7. The van der Waals surface area contributed by atoms with E-state index in [1.54, 1.807) is 12.1 Å². The highest BCUT2D eigenvalue weighted by Gasteiger charge is 2.00. The molecule has 1 nitrogen and oxygen atoms in total. The van der Waals surface area contributed by atoms with Gasteiger partial charge in [0, 0.05) is 6.54 Å². The minimum Gasteiger partial charge on any atom is -0.312 e. The quantitative estimate of drug-likeness (QED) is 0.813. The normalized spacial score (nSPS) is 10.7. The molecule has 0 saturated heterocycles. The molecule has 100 valence electrons. The monoisotopic (exact) mass is 321 g/mol. The highest BCUT2D eigenvalue weighted by Crippen LogP contribution is 2.16. The van der Waals surface area contributed by atoms with Gasteiger partial charge < -0.3 is 5.32 Å². The van der Waals surface area contributed by atoms with Crippen LogP contribution < -0.4 is 5.32 Å². The van der Waals surface area contributed by atoms with Crippen molar-refractivity contribution in [3.63, 3.8) is 0 Å². The van der Waals surface area contributed by atoms with Crippen LogP contribution in [0, 0.1) is 12.7 Å². The molecule has 0 unspecified atom stereocenters. The topological polar surface area (TPSA) is 12.0 Å². The third-order valence-corrected chi connectivity index (χ3v) is 3.63. The Hall–Kier alpha value is -1.19. The first-order valence-electron chi connectivity index (χ1n) is 6.35. The average Bonchev–Trinajstić information content (AvgIpc) is 2.39. The van der Waals surface area contributed by atoms with Crippen molar-refractivity contribution in [2.45, 2.75) is 19.9 Å². The second kappa shape index (κ2) is 6.83. The third-order valence-electron chi connectivity index (χ3n) is 2.99. The van der Waals surface area contributed by atoms with E-state index in [9.17, 15) is 4.39 Å². The van der Waals surface area contributed by atoms with Crippen LogP contribution in [0.4, 0.5) is 4.39 Å². The molecule has 0 aliphatic heterocycles. The van der Waals surface area contributed by atoms with Crippen LogP contribution in [0.3, 0.4) is 0 Å². The summed E-state index contributed by atoms with van der Waals surface area (Å²) >= 11 is 3.15. The van der Waals surface area contributed by atoms with E-state index in [1.165, 1.54) is 11.1 Å². The van der Waals surface area contributed by atoms with E-state index in [1.807, 2.05) is 6.07 Å². The van der Waals surface area contributed by atoms with Gasteiger partial charge in [-0.15, -0.1) is 0 Å². The summed E-state index contributed by atoms with van der Waals surface area (Å²) in [5.74, 6) is -0.210. The largest absolute Gasteiger partial charge is 0.312 e.